The second-order valence-electron chi connectivity index (χ2n) is 3.80. The van der Waals surface area contributed by atoms with Gasteiger partial charge < -0.3 is 15.2 Å². The summed E-state index contributed by atoms with van der Waals surface area (Å²) in [4.78, 5) is 22.9. The van der Waals surface area contributed by atoms with Crippen LogP contribution in [0.3, 0.4) is 0 Å². The third kappa shape index (κ3) is 4.08. The van der Waals surface area contributed by atoms with Crippen molar-refractivity contribution in [1.82, 2.24) is 0 Å². The highest BCUT2D eigenvalue weighted by Crippen LogP contribution is 2.13. The van der Waals surface area contributed by atoms with Gasteiger partial charge in [-0.25, -0.2) is 4.79 Å². The fraction of sp³-hybridized carbons (Fsp3) is 0.385. The van der Waals surface area contributed by atoms with Crippen molar-refractivity contribution in [3.05, 3.63) is 29.8 Å². The molecular weight excluding hydrogens is 234 g/mol. The van der Waals surface area contributed by atoms with E-state index in [9.17, 15) is 9.59 Å². The zero-order valence-corrected chi connectivity index (χ0v) is 10.5. The lowest BCUT2D eigenvalue weighted by molar-refractivity contribution is -0.165. The van der Waals surface area contributed by atoms with Crippen LogP contribution in [0.5, 0.6) is 0 Å². The first-order valence-electron chi connectivity index (χ1n) is 5.79. The first-order chi connectivity index (χ1) is 8.54. The largest absolute Gasteiger partial charge is 0.425 e. The number of benzene rings is 1. The van der Waals surface area contributed by atoms with Crippen LogP contribution in [0.4, 0.5) is 5.69 Å². The van der Waals surface area contributed by atoms with Gasteiger partial charge in [0.2, 0.25) is 6.29 Å². The smallest absolute Gasteiger partial charge is 0.343 e. The Kier molecular flexibility index (Phi) is 5.17. The topological polar surface area (TPSA) is 78.6 Å². The lowest BCUT2D eigenvalue weighted by atomic mass is 10.2. The summed E-state index contributed by atoms with van der Waals surface area (Å²) in [7, 11) is 0. The van der Waals surface area contributed by atoms with Crippen LogP contribution in [0.25, 0.3) is 0 Å². The van der Waals surface area contributed by atoms with Gasteiger partial charge >= 0.3 is 11.9 Å². The van der Waals surface area contributed by atoms with Gasteiger partial charge in [-0.1, -0.05) is 19.1 Å². The summed E-state index contributed by atoms with van der Waals surface area (Å²) in [5, 5.41) is 0. The van der Waals surface area contributed by atoms with Crippen molar-refractivity contribution in [2.75, 3.05) is 5.73 Å². The number of rotatable bonds is 5. The molecule has 1 aromatic carbocycles. The third-order valence-corrected chi connectivity index (χ3v) is 2.21. The van der Waals surface area contributed by atoms with Crippen LogP contribution in [0.15, 0.2) is 24.3 Å². The zero-order chi connectivity index (χ0) is 13.5. The van der Waals surface area contributed by atoms with Crippen LogP contribution in [0, 0.1) is 0 Å². The minimum absolute atomic E-state index is 0.260. The van der Waals surface area contributed by atoms with E-state index in [4.69, 9.17) is 15.2 Å². The van der Waals surface area contributed by atoms with Crippen molar-refractivity contribution in [2.24, 2.45) is 0 Å². The Morgan fingerprint density at radius 3 is 2.56 bits per heavy atom. The summed E-state index contributed by atoms with van der Waals surface area (Å²) in [6.45, 7) is 3.35. The van der Waals surface area contributed by atoms with E-state index in [0.717, 1.165) is 0 Å². The highest BCUT2D eigenvalue weighted by Gasteiger charge is 2.16. The normalized spacial score (nSPS) is 11.7. The highest BCUT2D eigenvalue weighted by atomic mass is 16.7. The Labute approximate surface area is 106 Å². The molecule has 5 nitrogen and oxygen atoms in total. The molecule has 0 aliphatic rings. The minimum atomic E-state index is -0.920. The molecule has 0 amide bonds. The van der Waals surface area contributed by atoms with E-state index in [0.29, 0.717) is 18.5 Å². The van der Waals surface area contributed by atoms with Gasteiger partial charge in [0, 0.05) is 19.0 Å². The van der Waals surface area contributed by atoms with Crippen molar-refractivity contribution >= 4 is 17.6 Å². The summed E-state index contributed by atoms with van der Waals surface area (Å²) in [5.41, 5.74) is 6.23. The molecule has 0 fully saturated rings. The number of hydrogen-bond acceptors (Lipinski definition) is 5. The van der Waals surface area contributed by atoms with Crippen LogP contribution in [-0.2, 0) is 14.3 Å². The second-order valence-corrected chi connectivity index (χ2v) is 3.80. The summed E-state index contributed by atoms with van der Waals surface area (Å²) in [6, 6.07) is 6.56. The molecular formula is C13H17NO4. The van der Waals surface area contributed by atoms with Crippen molar-refractivity contribution < 1.29 is 19.1 Å². The maximum atomic E-state index is 11.7. The maximum absolute atomic E-state index is 11.7. The number of carbonyl (C=O) groups excluding carboxylic acids is 2. The highest BCUT2D eigenvalue weighted by molar-refractivity contribution is 5.95. The molecule has 0 saturated heterocycles. The average molecular weight is 251 g/mol. The summed E-state index contributed by atoms with van der Waals surface area (Å²) in [5.74, 6) is -0.997. The lowest BCUT2D eigenvalue weighted by Crippen LogP contribution is -2.22. The Balaban J connectivity index is 2.55. The number of carbonyl (C=O) groups is 2. The molecule has 98 valence electrons. The van der Waals surface area contributed by atoms with Crippen LogP contribution in [0.1, 0.15) is 37.0 Å². The SMILES string of the molecule is CCCC(=O)OC(C)OC(=O)c1ccccc1N. The maximum Gasteiger partial charge on any atom is 0.343 e. The molecule has 0 saturated carbocycles. The van der Waals surface area contributed by atoms with Crippen LogP contribution < -0.4 is 5.73 Å². The molecule has 0 aliphatic heterocycles. The predicted molar refractivity (Wildman–Crippen MR) is 66.7 cm³/mol. The molecule has 18 heavy (non-hydrogen) atoms. The third-order valence-electron chi connectivity index (χ3n) is 2.21. The van der Waals surface area contributed by atoms with E-state index in [-0.39, 0.29) is 11.5 Å². The molecule has 1 atom stereocenters. The van der Waals surface area contributed by atoms with E-state index >= 15 is 0 Å². The van der Waals surface area contributed by atoms with Gasteiger partial charge in [-0.05, 0) is 18.6 Å². The number of ether oxygens (including phenoxy) is 2. The summed E-state index contributed by atoms with van der Waals surface area (Å²) in [6.07, 6.45) is 0.0664. The Bertz CT molecular complexity index is 431. The van der Waals surface area contributed by atoms with E-state index in [1.807, 2.05) is 6.92 Å². The quantitative estimate of drug-likeness (QED) is 0.492. The van der Waals surface area contributed by atoms with Crippen molar-refractivity contribution in [2.45, 2.75) is 33.0 Å². The predicted octanol–water partition coefficient (Wildman–Crippen LogP) is 2.11. The molecule has 0 radical (unpaired) electrons. The van der Waals surface area contributed by atoms with Gasteiger partial charge in [0.25, 0.3) is 0 Å². The Hall–Kier alpha value is -2.04. The number of nitrogens with two attached hydrogens (primary N) is 1. The van der Waals surface area contributed by atoms with E-state index in [1.165, 1.54) is 6.92 Å². The lowest BCUT2D eigenvalue weighted by Gasteiger charge is -2.14. The number of anilines is 1. The van der Waals surface area contributed by atoms with Gasteiger partial charge in [-0.15, -0.1) is 0 Å². The van der Waals surface area contributed by atoms with E-state index in [2.05, 4.69) is 0 Å². The van der Waals surface area contributed by atoms with Gasteiger partial charge in [-0.2, -0.15) is 0 Å². The standard InChI is InChI=1S/C13H17NO4/c1-3-6-12(15)17-9(2)18-13(16)10-7-4-5-8-11(10)14/h4-5,7-9H,3,6,14H2,1-2H3. The average Bonchev–Trinajstić information content (AvgIpc) is 2.29. The summed E-state index contributed by atoms with van der Waals surface area (Å²) < 4.78 is 9.87. The minimum Gasteiger partial charge on any atom is -0.425 e. The number of esters is 2. The molecule has 1 unspecified atom stereocenters. The van der Waals surface area contributed by atoms with Crippen LogP contribution in [-0.4, -0.2) is 18.2 Å². The first-order valence-corrected chi connectivity index (χ1v) is 5.79. The monoisotopic (exact) mass is 251 g/mol. The molecule has 2 N–H and O–H groups in total. The Morgan fingerprint density at radius 1 is 1.28 bits per heavy atom. The molecule has 5 heteroatoms. The molecule has 0 aromatic heterocycles. The number of hydrogen-bond donors (Lipinski definition) is 1. The van der Waals surface area contributed by atoms with Crippen molar-refractivity contribution in [3.8, 4) is 0 Å². The molecule has 1 aromatic rings. The van der Waals surface area contributed by atoms with Gasteiger partial charge in [0.15, 0.2) is 0 Å². The molecule has 1 rings (SSSR count). The molecule has 0 aliphatic carbocycles. The number of para-hydroxylation sites is 1. The van der Waals surface area contributed by atoms with Crippen molar-refractivity contribution in [3.63, 3.8) is 0 Å². The first kappa shape index (κ1) is 14.0. The fourth-order valence-electron chi connectivity index (χ4n) is 1.37. The van der Waals surface area contributed by atoms with Gasteiger partial charge in [-0.3, -0.25) is 4.79 Å². The van der Waals surface area contributed by atoms with Crippen molar-refractivity contribution in [1.29, 1.82) is 0 Å². The molecule has 0 spiro atoms. The summed E-state index contributed by atoms with van der Waals surface area (Å²) >= 11 is 0. The fourth-order valence-corrected chi connectivity index (χ4v) is 1.37. The van der Waals surface area contributed by atoms with Gasteiger partial charge in [0.05, 0.1) is 5.56 Å². The van der Waals surface area contributed by atoms with Crippen LogP contribution in [0.2, 0.25) is 0 Å². The zero-order valence-electron chi connectivity index (χ0n) is 10.5. The second kappa shape index (κ2) is 6.64. The number of nitrogen functional groups attached to an aromatic ring is 1. The van der Waals surface area contributed by atoms with Gasteiger partial charge in [0.1, 0.15) is 0 Å². The van der Waals surface area contributed by atoms with Crippen LogP contribution >= 0.6 is 0 Å². The molecule has 0 heterocycles. The Morgan fingerprint density at radius 2 is 1.94 bits per heavy atom. The van der Waals surface area contributed by atoms with E-state index < -0.39 is 12.3 Å². The molecule has 0 bridgehead atoms. The van der Waals surface area contributed by atoms with E-state index in [1.54, 1.807) is 24.3 Å².